The Bertz CT molecular complexity index is 1450. The molecule has 2 aromatic heterocycles. The second-order valence-corrected chi connectivity index (χ2v) is 11.5. The standard InChI is InChI=1S/C19H13N2.C14H22O2.Ir/c1-2-9-16(10-3-1)21-18-12-5-4-8-15(18)14-19(21)17-11-6-7-13-20-17;1-13(2)7-5-9-6-8-14(3,4)12(16)10(9)11(13)15;/h1-13H;9,15H,5-8H2,1-4H3;/q-1;;. The van der Waals surface area contributed by atoms with E-state index in [1.54, 1.807) is 0 Å². The molecule has 0 saturated heterocycles. The van der Waals surface area contributed by atoms with Crippen molar-refractivity contribution in [2.24, 2.45) is 16.7 Å². The molecule has 1 unspecified atom stereocenters. The van der Waals surface area contributed by atoms with Gasteiger partial charge in [0.15, 0.2) is 5.78 Å². The largest absolute Gasteiger partial charge is 0.511 e. The van der Waals surface area contributed by atoms with Crippen LogP contribution in [0.5, 0.6) is 0 Å². The summed E-state index contributed by atoms with van der Waals surface area (Å²) >= 11 is 0. The molecule has 1 saturated carbocycles. The molecule has 2 aliphatic carbocycles. The summed E-state index contributed by atoms with van der Waals surface area (Å²) in [7, 11) is 0. The molecule has 2 aliphatic rings. The SMILES string of the molecule is CC1(C)CCC2CCC(C)(C)C(O)=C2C1=O.[Ir].[c-]1c(-c2ccccn2)n(-c2ccccc2)c2ccccc12. The number of carbonyl (C=O) groups excluding carboxylic acids is 1. The van der Waals surface area contributed by atoms with Gasteiger partial charge in [0, 0.05) is 54.1 Å². The minimum Gasteiger partial charge on any atom is -0.511 e. The maximum atomic E-state index is 12.4. The van der Waals surface area contributed by atoms with E-state index in [0.717, 1.165) is 59.2 Å². The summed E-state index contributed by atoms with van der Waals surface area (Å²) in [5.74, 6) is 0.851. The van der Waals surface area contributed by atoms with Crippen LogP contribution in [-0.2, 0) is 24.9 Å². The molecule has 6 rings (SSSR count). The Morgan fingerprint density at radius 1 is 0.868 bits per heavy atom. The quantitative estimate of drug-likeness (QED) is 0.217. The molecule has 2 heterocycles. The number of Topliss-reactive ketones (excluding diaryl/α,β-unsaturated/α-hetero) is 1. The Morgan fingerprint density at radius 3 is 2.18 bits per heavy atom. The summed E-state index contributed by atoms with van der Waals surface area (Å²) in [4.78, 5) is 16.8. The van der Waals surface area contributed by atoms with Crippen molar-refractivity contribution in [1.82, 2.24) is 9.55 Å². The topological polar surface area (TPSA) is 55.1 Å². The Labute approximate surface area is 239 Å². The fourth-order valence-electron chi connectivity index (χ4n) is 5.56. The fraction of sp³-hybridized carbons (Fsp3) is 0.333. The summed E-state index contributed by atoms with van der Waals surface area (Å²) in [6.45, 7) is 8.04. The van der Waals surface area contributed by atoms with Gasteiger partial charge < -0.3 is 14.7 Å². The van der Waals surface area contributed by atoms with Crippen molar-refractivity contribution in [3.8, 4) is 17.1 Å². The monoisotopic (exact) mass is 684 g/mol. The summed E-state index contributed by atoms with van der Waals surface area (Å²) in [5, 5.41) is 11.4. The number of aromatic nitrogens is 2. The maximum Gasteiger partial charge on any atom is 0.168 e. The zero-order chi connectivity index (χ0) is 26.2. The van der Waals surface area contributed by atoms with E-state index in [1.165, 1.54) is 0 Å². The zero-order valence-corrected chi connectivity index (χ0v) is 24.9. The molecule has 2 aromatic carbocycles. The Hall–Kier alpha value is -3.01. The molecule has 38 heavy (non-hydrogen) atoms. The minimum atomic E-state index is -0.284. The third-order valence-corrected chi connectivity index (χ3v) is 7.94. The van der Waals surface area contributed by atoms with E-state index in [1.807, 2.05) is 76.4 Å². The van der Waals surface area contributed by atoms with Crippen molar-refractivity contribution in [2.75, 3.05) is 0 Å². The number of pyridine rings is 1. The van der Waals surface area contributed by atoms with E-state index in [-0.39, 0.29) is 36.7 Å². The molecule has 1 fully saturated rings. The number of aliphatic hydroxyl groups excluding tert-OH is 1. The molecule has 4 aromatic rings. The number of hydrogen-bond acceptors (Lipinski definition) is 3. The van der Waals surface area contributed by atoms with Crippen LogP contribution < -0.4 is 0 Å². The van der Waals surface area contributed by atoms with E-state index in [2.05, 4.69) is 45.9 Å². The molecule has 0 spiro atoms. The third kappa shape index (κ3) is 5.28. The summed E-state index contributed by atoms with van der Waals surface area (Å²) in [5.41, 5.74) is 4.43. The first-order chi connectivity index (χ1) is 17.7. The van der Waals surface area contributed by atoms with E-state index in [0.29, 0.717) is 11.7 Å². The van der Waals surface area contributed by atoms with E-state index >= 15 is 0 Å². The van der Waals surface area contributed by atoms with E-state index < -0.39 is 0 Å². The summed E-state index contributed by atoms with van der Waals surface area (Å²) in [6.07, 6.45) is 5.85. The molecule has 0 bridgehead atoms. The number of allylic oxidation sites excluding steroid dienone is 2. The molecule has 0 aliphatic heterocycles. The van der Waals surface area contributed by atoms with Crippen molar-refractivity contribution in [3.63, 3.8) is 0 Å². The molecule has 1 N–H and O–H groups in total. The molecule has 199 valence electrons. The van der Waals surface area contributed by atoms with Gasteiger partial charge in [0.25, 0.3) is 0 Å². The van der Waals surface area contributed by atoms with Crippen molar-refractivity contribution in [3.05, 3.63) is 96.4 Å². The molecule has 4 nitrogen and oxygen atoms in total. The summed E-state index contributed by atoms with van der Waals surface area (Å²) < 4.78 is 2.21. The van der Waals surface area contributed by atoms with Crippen LogP contribution in [0.2, 0.25) is 0 Å². The number of aliphatic hydroxyl groups is 1. The fourth-order valence-corrected chi connectivity index (χ4v) is 5.56. The first kappa shape index (κ1) is 28.0. The Balaban J connectivity index is 0.000000179. The number of fused-ring (bicyclic) bond motifs is 2. The molecule has 1 atom stereocenters. The van der Waals surface area contributed by atoms with Gasteiger partial charge in [-0.05, 0) is 61.0 Å². The number of rotatable bonds is 2. The van der Waals surface area contributed by atoms with Crippen LogP contribution in [0.15, 0.2) is 90.3 Å². The Morgan fingerprint density at radius 2 is 1.50 bits per heavy atom. The van der Waals surface area contributed by atoms with Crippen LogP contribution in [0.3, 0.4) is 0 Å². The normalized spacial score (nSPS) is 19.7. The number of benzene rings is 2. The first-order valence-electron chi connectivity index (χ1n) is 13.2. The number of hydrogen-bond donors (Lipinski definition) is 1. The molecule has 1 radical (unpaired) electrons. The van der Waals surface area contributed by atoms with E-state index in [4.69, 9.17) is 0 Å². The van der Waals surface area contributed by atoms with Gasteiger partial charge in [0.1, 0.15) is 5.76 Å². The van der Waals surface area contributed by atoms with Crippen molar-refractivity contribution < 1.29 is 30.0 Å². The first-order valence-corrected chi connectivity index (χ1v) is 13.2. The second-order valence-electron chi connectivity index (χ2n) is 11.5. The van der Waals surface area contributed by atoms with E-state index in [9.17, 15) is 9.90 Å². The number of nitrogens with zero attached hydrogens (tertiary/aromatic N) is 2. The van der Waals surface area contributed by atoms with Gasteiger partial charge in [-0.25, -0.2) is 0 Å². The molecule has 5 heteroatoms. The van der Waals surface area contributed by atoms with Crippen LogP contribution in [0.1, 0.15) is 53.4 Å². The van der Waals surface area contributed by atoms with Crippen LogP contribution in [0.25, 0.3) is 28.0 Å². The van der Waals surface area contributed by atoms with Crippen LogP contribution in [0.4, 0.5) is 0 Å². The second kappa shape index (κ2) is 11.0. The average Bonchev–Trinajstić information content (AvgIpc) is 3.30. The summed E-state index contributed by atoms with van der Waals surface area (Å²) in [6, 6.07) is 28.1. The van der Waals surface area contributed by atoms with Crippen molar-refractivity contribution >= 4 is 16.7 Å². The smallest absolute Gasteiger partial charge is 0.168 e. The average molecular weight is 684 g/mol. The van der Waals surface area contributed by atoms with Gasteiger partial charge in [-0.15, -0.1) is 23.6 Å². The third-order valence-electron chi connectivity index (χ3n) is 7.94. The maximum absolute atomic E-state index is 12.4. The van der Waals surface area contributed by atoms with Crippen LogP contribution in [-0.4, -0.2) is 20.4 Å². The Kier molecular flexibility index (Phi) is 8.11. The van der Waals surface area contributed by atoms with Crippen molar-refractivity contribution in [2.45, 2.75) is 53.4 Å². The molecule has 0 amide bonds. The predicted molar refractivity (Wildman–Crippen MR) is 150 cm³/mol. The number of carbonyl (C=O) groups is 1. The number of para-hydroxylation sites is 2. The number of ketones is 1. The zero-order valence-electron chi connectivity index (χ0n) is 22.5. The van der Waals surface area contributed by atoms with Gasteiger partial charge in [-0.1, -0.05) is 70.2 Å². The molecular weight excluding hydrogens is 649 g/mol. The van der Waals surface area contributed by atoms with Crippen molar-refractivity contribution in [1.29, 1.82) is 0 Å². The van der Waals surface area contributed by atoms with Crippen LogP contribution in [0, 0.1) is 22.8 Å². The van der Waals surface area contributed by atoms with Gasteiger partial charge in [0.05, 0.1) is 0 Å². The van der Waals surface area contributed by atoms with Gasteiger partial charge in [0.2, 0.25) is 0 Å². The van der Waals surface area contributed by atoms with Gasteiger partial charge >= 0.3 is 0 Å². The van der Waals surface area contributed by atoms with Crippen LogP contribution >= 0.6 is 0 Å². The van der Waals surface area contributed by atoms with Gasteiger partial charge in [-0.3, -0.25) is 4.79 Å². The predicted octanol–water partition coefficient (Wildman–Crippen LogP) is 8.11. The van der Waals surface area contributed by atoms with Gasteiger partial charge in [-0.2, -0.15) is 0 Å². The molecular formula is C33H35IrN2O2-. The minimum absolute atomic E-state index is 0.